The topological polar surface area (TPSA) is 387 Å². The molecule has 0 saturated heterocycles. The van der Waals surface area contributed by atoms with E-state index in [4.69, 9.17) is 0 Å². The number of carbonyl (C=O) groups is 4. The average molecular weight is 1440 g/mol. The van der Waals surface area contributed by atoms with Gasteiger partial charge >= 0.3 is 23.9 Å². The first-order chi connectivity index (χ1) is 32.9. The van der Waals surface area contributed by atoms with Gasteiger partial charge < -0.3 is 55.9 Å². The number of aliphatic hydroxyl groups excluding tert-OH is 2. The Morgan fingerprint density at radius 3 is 1.06 bits per heavy atom. The number of aromatic hydroxyl groups is 4. The number of carboxylic acid groups (broad SMARTS) is 4. The zero-order valence-electron chi connectivity index (χ0n) is 40.4. The number of nitrogens with zero attached hydrogens (tertiary/aromatic N) is 9. The minimum atomic E-state index is -1.16. The summed E-state index contributed by atoms with van der Waals surface area (Å²) >= 11 is 0. The molecule has 0 amide bonds. The molecule has 0 unspecified atom stereocenters. The molecule has 28 heteroatoms. The third-order valence-electron chi connectivity index (χ3n) is 10.9. The summed E-state index contributed by atoms with van der Waals surface area (Å²) in [6.07, 6.45) is 5.69. The van der Waals surface area contributed by atoms with E-state index in [0.717, 1.165) is 0 Å². The van der Waals surface area contributed by atoms with E-state index in [2.05, 4.69) is 24.8 Å². The van der Waals surface area contributed by atoms with Crippen LogP contribution < -0.4 is 0 Å². The zero-order valence-corrected chi connectivity index (χ0v) is 49.9. The van der Waals surface area contributed by atoms with Crippen molar-refractivity contribution in [3.05, 3.63) is 102 Å². The molecule has 0 aliphatic rings. The number of aryl methyl sites for hydroxylation is 5. The van der Waals surface area contributed by atoms with Crippen LogP contribution in [0, 0.1) is 133 Å². The summed E-state index contributed by atoms with van der Waals surface area (Å²) in [5.74, 6) is -5.08. The van der Waals surface area contributed by atoms with Crippen LogP contribution in [0.4, 0.5) is 0 Å². The Balaban J connectivity index is 0.000000702. The van der Waals surface area contributed by atoms with E-state index >= 15 is 0 Å². The number of hydrogen-bond acceptors (Lipinski definition) is 21. The summed E-state index contributed by atoms with van der Waals surface area (Å²) in [7, 11) is 0. The number of carboxylic acids is 4. The Hall–Kier alpha value is -4.48. The van der Waals surface area contributed by atoms with E-state index in [1.165, 1.54) is 45.1 Å². The van der Waals surface area contributed by atoms with E-state index in [9.17, 15) is 80.4 Å². The van der Waals surface area contributed by atoms with Gasteiger partial charge in [-0.3, -0.25) is 58.7 Å². The second-order valence-corrected chi connectivity index (χ2v) is 16.2. The summed E-state index contributed by atoms with van der Waals surface area (Å²) in [5, 5.41) is 108. The molecule has 388 valence electrons. The predicted octanol–water partition coefficient (Wildman–Crippen LogP) is 0.957. The van der Waals surface area contributed by atoms with Gasteiger partial charge in [0.1, 0.15) is 29.6 Å². The number of aliphatic hydroxyl groups is 2. The van der Waals surface area contributed by atoms with Crippen LogP contribution in [-0.2, 0) is 70.0 Å². The first-order valence-electron chi connectivity index (χ1n) is 21.3. The largest absolute Gasteiger partial charge is 0.506 e. The van der Waals surface area contributed by atoms with Gasteiger partial charge in [-0.1, -0.05) is 0 Å². The fourth-order valence-corrected chi connectivity index (χ4v) is 7.12. The molecule has 72 heavy (non-hydrogen) atoms. The Bertz CT molecular complexity index is 2430. The van der Waals surface area contributed by atoms with Gasteiger partial charge in [-0.25, -0.2) is 0 Å². The third kappa shape index (κ3) is 20.8. The second kappa shape index (κ2) is 32.0. The summed E-state index contributed by atoms with van der Waals surface area (Å²) in [6.45, 7) is 5.47. The fraction of sp³-hybridized carbons (Fsp3) is 0.455. The summed E-state index contributed by atoms with van der Waals surface area (Å²) in [4.78, 5) is 82.9. The smallest absolute Gasteiger partial charge is 0.317 e. The predicted molar refractivity (Wildman–Crippen MR) is 243 cm³/mol. The van der Waals surface area contributed by atoms with Crippen molar-refractivity contribution in [2.24, 2.45) is 0 Å². The molecule has 0 spiro atoms. The molecule has 0 fully saturated rings. The van der Waals surface area contributed by atoms with E-state index in [0.29, 0.717) is 50.5 Å². The molecular weight excluding hydrogens is 1380 g/mol. The molecule has 26 nitrogen and oxygen atoms in total. The van der Waals surface area contributed by atoms with Gasteiger partial charge in [-0.05, 0) is 40.2 Å². The van der Waals surface area contributed by atoms with Crippen LogP contribution in [0.15, 0.2) is 24.8 Å². The van der Waals surface area contributed by atoms with Crippen molar-refractivity contribution in [3.63, 3.8) is 0 Å². The quantitative estimate of drug-likeness (QED) is 0.0293. The number of pyridine rings is 4. The van der Waals surface area contributed by atoms with Crippen molar-refractivity contribution in [3.8, 4) is 23.0 Å². The van der Waals surface area contributed by atoms with Gasteiger partial charge in [0.2, 0.25) is 0 Å². The molecule has 2 radical (unpaired) electrons. The molecule has 4 rings (SSSR count). The summed E-state index contributed by atoms with van der Waals surface area (Å²) in [5.41, 5.74) is 4.29. The fourth-order valence-electron chi connectivity index (χ4n) is 7.12. The molecule has 10 N–H and O–H groups in total. The van der Waals surface area contributed by atoms with Gasteiger partial charge in [-0.2, -0.15) is 0 Å². The monoisotopic (exact) mass is 1440 g/mol. The first-order valence-corrected chi connectivity index (χ1v) is 21.3. The van der Waals surface area contributed by atoms with Gasteiger partial charge in [0.05, 0.1) is 62.2 Å². The average Bonchev–Trinajstić information content (AvgIpc) is 3.28. The van der Waals surface area contributed by atoms with Crippen LogP contribution in [0.5, 0.6) is 23.0 Å². The number of aromatic nitrogens is 4. The van der Waals surface area contributed by atoms with Crippen LogP contribution >= 0.6 is 0 Å². The molecule has 0 aliphatic carbocycles. The van der Waals surface area contributed by atoms with Crippen molar-refractivity contribution >= 4 is 23.9 Å². The SMILES string of the molecule is Cc1cnc(C)c(O)c1CN(CCN(CC(=O)O)Cc1c(CO[N+](=O)[O-])cnc(C)c1O)CC(=O)O.Cc1ncc(CO)c(CN(CCN(CC(=O)O)Cc2c(CO)cnc(C)c2O)CC(=O)O)c1O.[Ac].[Ac]. The van der Waals surface area contributed by atoms with Crippen molar-refractivity contribution in [1.82, 2.24) is 39.5 Å². The molecule has 4 aromatic rings. The molecule has 4 heterocycles. The van der Waals surface area contributed by atoms with E-state index in [-0.39, 0.29) is 187 Å². The van der Waals surface area contributed by atoms with Gasteiger partial charge in [-0.15, -0.1) is 10.1 Å². The maximum Gasteiger partial charge on any atom is 0.317 e. The van der Waals surface area contributed by atoms with Crippen molar-refractivity contribution in [1.29, 1.82) is 0 Å². The van der Waals surface area contributed by atoms with Gasteiger partial charge in [0, 0.05) is 204 Å². The number of hydrogen-bond donors (Lipinski definition) is 10. The Labute approximate surface area is 485 Å². The van der Waals surface area contributed by atoms with Crippen molar-refractivity contribution in [2.45, 2.75) is 80.6 Å². The van der Waals surface area contributed by atoms with E-state index in [1.54, 1.807) is 33.9 Å². The Kier molecular flexibility index (Phi) is 29.1. The van der Waals surface area contributed by atoms with Gasteiger partial charge in [0.15, 0.2) is 0 Å². The molecule has 0 atom stereocenters. The maximum absolute atomic E-state index is 11.5. The van der Waals surface area contributed by atoms with E-state index in [1.807, 2.05) is 0 Å². The summed E-state index contributed by atoms with van der Waals surface area (Å²) in [6, 6.07) is 0. The molecule has 0 saturated carbocycles. The number of rotatable bonds is 27. The molecule has 0 bridgehead atoms. The van der Waals surface area contributed by atoms with Crippen LogP contribution in [-0.4, -0.2) is 172 Å². The minimum absolute atomic E-state index is 0. The van der Waals surface area contributed by atoms with Crippen LogP contribution in [0.25, 0.3) is 0 Å². The van der Waals surface area contributed by atoms with E-state index < -0.39 is 68.4 Å². The number of aliphatic carboxylic acids is 4. The molecule has 0 aliphatic heterocycles. The van der Waals surface area contributed by atoms with Gasteiger partial charge in [0.25, 0.3) is 5.09 Å². The Morgan fingerprint density at radius 1 is 0.500 bits per heavy atom. The maximum atomic E-state index is 11.5. The second-order valence-electron chi connectivity index (χ2n) is 16.2. The third-order valence-corrected chi connectivity index (χ3v) is 10.9. The Morgan fingerprint density at radius 2 is 0.764 bits per heavy atom. The summed E-state index contributed by atoms with van der Waals surface area (Å²) < 4.78 is 0. The minimum Gasteiger partial charge on any atom is -0.506 e. The van der Waals surface area contributed by atoms with Crippen molar-refractivity contribution in [2.75, 3.05) is 52.4 Å². The van der Waals surface area contributed by atoms with Crippen LogP contribution in [0.3, 0.4) is 0 Å². The van der Waals surface area contributed by atoms with Crippen LogP contribution in [0.2, 0.25) is 0 Å². The molecular formula is C44H59Ac2N9O17. The molecule has 0 aromatic carbocycles. The van der Waals surface area contributed by atoms with Crippen LogP contribution in [0.1, 0.15) is 67.3 Å². The zero-order chi connectivity index (χ0) is 52.4. The normalized spacial score (nSPS) is 10.9. The first kappa shape index (κ1) is 65.5. The molecule has 4 aromatic heterocycles. The standard InChI is InChI=1S/C22H29N5O9.C22H30N4O8.2Ac/c1-13-6-23-14(2)21(32)17(13)8-25(10-19(28)29)4-5-26(11-20(30)31)9-18-16(12-36-27(34)35)7-24-15(3)22(18)33;1-13-21(33)17(15(11-27)5-23-13)7-25(9-19(29)30)3-4-26(10-20(31)32)8-18-16(12-28)6-24-14(2)22(18)34;;/h6-7,32-33H,4-5,8-12H2,1-3H3,(H,28,29)(H,30,31);5-6,27-28,33-34H,3-4,7-12H2,1-2H3,(H,29,30)(H,31,32);;. The van der Waals surface area contributed by atoms with Crippen molar-refractivity contribution < 1.29 is 168 Å².